The van der Waals surface area contributed by atoms with Crippen LogP contribution in [-0.4, -0.2) is 15.6 Å². The first-order valence-corrected chi connectivity index (χ1v) is 6.52. The van der Waals surface area contributed by atoms with E-state index in [1.54, 1.807) is 0 Å². The summed E-state index contributed by atoms with van der Waals surface area (Å²) in [6, 6.07) is 6.21. The van der Waals surface area contributed by atoms with Crippen molar-refractivity contribution in [1.82, 2.24) is 9.55 Å². The molecule has 1 aromatic heterocycles. The van der Waals surface area contributed by atoms with Crippen molar-refractivity contribution in [2.75, 3.05) is 0 Å². The fourth-order valence-corrected chi connectivity index (χ4v) is 2.02. The zero-order valence-electron chi connectivity index (χ0n) is 10.7. The summed E-state index contributed by atoms with van der Waals surface area (Å²) >= 11 is 6.16. The van der Waals surface area contributed by atoms with Gasteiger partial charge < -0.3 is 10.3 Å². The molecule has 1 unspecified atom stereocenters. The standard InChI is InChI=1S/C14H18ClN3/c1-3-12(16)8-18-9-17-7-14(18)11-5-4-10(2)13(15)6-11/h4-7,9,12H,3,8,16H2,1-2H3. The van der Waals surface area contributed by atoms with Gasteiger partial charge in [-0.25, -0.2) is 4.98 Å². The Bertz CT molecular complexity index is 534. The summed E-state index contributed by atoms with van der Waals surface area (Å²) < 4.78 is 2.08. The van der Waals surface area contributed by atoms with Crippen molar-refractivity contribution in [3.05, 3.63) is 41.3 Å². The highest BCUT2D eigenvalue weighted by atomic mass is 35.5. The van der Waals surface area contributed by atoms with Gasteiger partial charge in [0.25, 0.3) is 0 Å². The van der Waals surface area contributed by atoms with Crippen LogP contribution < -0.4 is 5.73 Å². The number of hydrogen-bond acceptors (Lipinski definition) is 2. The van der Waals surface area contributed by atoms with Crippen LogP contribution in [0.3, 0.4) is 0 Å². The predicted octanol–water partition coefficient (Wildman–Crippen LogP) is 3.25. The first kappa shape index (κ1) is 13.1. The Morgan fingerprint density at radius 1 is 1.44 bits per heavy atom. The van der Waals surface area contributed by atoms with E-state index in [2.05, 4.69) is 22.5 Å². The lowest BCUT2D eigenvalue weighted by Crippen LogP contribution is -2.25. The molecule has 0 bridgehead atoms. The smallest absolute Gasteiger partial charge is 0.0951 e. The predicted molar refractivity (Wildman–Crippen MR) is 75.7 cm³/mol. The molecule has 1 atom stereocenters. The average molecular weight is 264 g/mol. The number of aromatic nitrogens is 2. The van der Waals surface area contributed by atoms with Crippen LogP contribution in [0.25, 0.3) is 11.3 Å². The molecule has 0 fully saturated rings. The molecule has 3 nitrogen and oxygen atoms in total. The number of halogens is 1. The van der Waals surface area contributed by atoms with Gasteiger partial charge in [-0.3, -0.25) is 0 Å². The molecule has 2 N–H and O–H groups in total. The molecule has 0 amide bonds. The summed E-state index contributed by atoms with van der Waals surface area (Å²) in [7, 11) is 0. The number of hydrogen-bond donors (Lipinski definition) is 1. The number of imidazole rings is 1. The van der Waals surface area contributed by atoms with Crippen molar-refractivity contribution < 1.29 is 0 Å². The average Bonchev–Trinajstić information content (AvgIpc) is 2.80. The highest BCUT2D eigenvalue weighted by molar-refractivity contribution is 6.31. The second-order valence-corrected chi connectivity index (χ2v) is 4.97. The van der Waals surface area contributed by atoms with E-state index in [0.717, 1.165) is 34.8 Å². The minimum absolute atomic E-state index is 0.152. The Hall–Kier alpha value is -1.32. The van der Waals surface area contributed by atoms with Crippen molar-refractivity contribution >= 4 is 11.6 Å². The van der Waals surface area contributed by atoms with Gasteiger partial charge in [-0.15, -0.1) is 0 Å². The molecule has 0 aliphatic carbocycles. The molecule has 96 valence electrons. The van der Waals surface area contributed by atoms with Crippen molar-refractivity contribution in [2.45, 2.75) is 32.9 Å². The second-order valence-electron chi connectivity index (χ2n) is 4.56. The molecule has 18 heavy (non-hydrogen) atoms. The van der Waals surface area contributed by atoms with Crippen LogP contribution in [0.15, 0.2) is 30.7 Å². The molecular weight excluding hydrogens is 246 g/mol. The van der Waals surface area contributed by atoms with Gasteiger partial charge in [-0.05, 0) is 25.0 Å². The van der Waals surface area contributed by atoms with Crippen LogP contribution in [0.5, 0.6) is 0 Å². The molecular formula is C14H18ClN3. The lowest BCUT2D eigenvalue weighted by molar-refractivity contribution is 0.542. The van der Waals surface area contributed by atoms with E-state index in [-0.39, 0.29) is 6.04 Å². The molecule has 2 rings (SSSR count). The molecule has 0 aliphatic rings. The van der Waals surface area contributed by atoms with Gasteiger partial charge in [-0.1, -0.05) is 30.7 Å². The molecule has 1 heterocycles. The highest BCUT2D eigenvalue weighted by Gasteiger charge is 2.09. The fourth-order valence-electron chi connectivity index (χ4n) is 1.84. The molecule has 0 saturated carbocycles. The van der Waals surface area contributed by atoms with Crippen molar-refractivity contribution in [3.63, 3.8) is 0 Å². The van der Waals surface area contributed by atoms with Gasteiger partial charge >= 0.3 is 0 Å². The Balaban J connectivity index is 2.33. The summed E-state index contributed by atoms with van der Waals surface area (Å²) in [5, 5.41) is 0.778. The highest BCUT2D eigenvalue weighted by Crippen LogP contribution is 2.25. The van der Waals surface area contributed by atoms with Gasteiger partial charge in [0.15, 0.2) is 0 Å². The molecule has 0 spiro atoms. The Labute approximate surface area is 113 Å². The van der Waals surface area contributed by atoms with Crippen molar-refractivity contribution in [2.24, 2.45) is 5.73 Å². The normalized spacial score (nSPS) is 12.7. The Kier molecular flexibility index (Phi) is 4.04. The third-order valence-electron chi connectivity index (χ3n) is 3.14. The third kappa shape index (κ3) is 2.74. The van der Waals surface area contributed by atoms with Crippen LogP contribution in [0.1, 0.15) is 18.9 Å². The van der Waals surface area contributed by atoms with Crippen LogP contribution in [0, 0.1) is 6.92 Å². The third-order valence-corrected chi connectivity index (χ3v) is 3.54. The van der Waals surface area contributed by atoms with E-state index in [4.69, 9.17) is 17.3 Å². The van der Waals surface area contributed by atoms with Crippen LogP contribution in [0.4, 0.5) is 0 Å². The maximum absolute atomic E-state index is 6.16. The van der Waals surface area contributed by atoms with E-state index >= 15 is 0 Å². The molecule has 0 radical (unpaired) electrons. The largest absolute Gasteiger partial charge is 0.329 e. The van der Waals surface area contributed by atoms with E-state index in [0.29, 0.717) is 0 Å². The summed E-state index contributed by atoms with van der Waals surface area (Å²) in [4.78, 5) is 4.20. The van der Waals surface area contributed by atoms with Gasteiger partial charge in [0.1, 0.15) is 0 Å². The SMILES string of the molecule is CCC(N)Cn1cncc1-c1ccc(C)c(Cl)c1. The fraction of sp³-hybridized carbons (Fsp3) is 0.357. The van der Waals surface area contributed by atoms with Crippen molar-refractivity contribution in [3.8, 4) is 11.3 Å². The second kappa shape index (κ2) is 5.55. The zero-order chi connectivity index (χ0) is 13.1. The first-order valence-electron chi connectivity index (χ1n) is 6.14. The number of rotatable bonds is 4. The van der Waals surface area contributed by atoms with Crippen LogP contribution in [0.2, 0.25) is 5.02 Å². The summed E-state index contributed by atoms with van der Waals surface area (Å²) in [5.74, 6) is 0. The zero-order valence-corrected chi connectivity index (χ0v) is 11.5. The van der Waals surface area contributed by atoms with Gasteiger partial charge in [0.05, 0.1) is 18.2 Å². The molecule has 2 aromatic rings. The minimum atomic E-state index is 0.152. The first-order chi connectivity index (χ1) is 8.61. The number of nitrogens with two attached hydrogens (primary N) is 1. The molecule has 1 aromatic carbocycles. The topological polar surface area (TPSA) is 43.8 Å². The quantitative estimate of drug-likeness (QED) is 0.920. The van der Waals surface area contributed by atoms with Crippen LogP contribution in [-0.2, 0) is 6.54 Å². The van der Waals surface area contributed by atoms with Crippen molar-refractivity contribution in [1.29, 1.82) is 0 Å². The molecule has 0 saturated heterocycles. The monoisotopic (exact) mass is 263 g/mol. The van der Waals surface area contributed by atoms with E-state index in [1.807, 2.05) is 31.6 Å². The van der Waals surface area contributed by atoms with E-state index in [9.17, 15) is 0 Å². The van der Waals surface area contributed by atoms with Gasteiger partial charge in [-0.2, -0.15) is 0 Å². The van der Waals surface area contributed by atoms with Gasteiger partial charge in [0, 0.05) is 23.2 Å². The number of benzene rings is 1. The summed E-state index contributed by atoms with van der Waals surface area (Å²) in [6.07, 6.45) is 4.62. The summed E-state index contributed by atoms with van der Waals surface area (Å²) in [5.41, 5.74) is 9.20. The molecule has 4 heteroatoms. The van der Waals surface area contributed by atoms with Gasteiger partial charge in [0.2, 0.25) is 0 Å². The molecule has 0 aliphatic heterocycles. The Morgan fingerprint density at radius 2 is 2.22 bits per heavy atom. The Morgan fingerprint density at radius 3 is 2.89 bits per heavy atom. The maximum atomic E-state index is 6.16. The van der Waals surface area contributed by atoms with Crippen LogP contribution >= 0.6 is 11.6 Å². The minimum Gasteiger partial charge on any atom is -0.329 e. The number of nitrogens with zero attached hydrogens (tertiary/aromatic N) is 2. The number of aryl methyl sites for hydroxylation is 1. The lowest BCUT2D eigenvalue weighted by atomic mass is 10.1. The summed E-state index contributed by atoms with van der Waals surface area (Å²) in [6.45, 7) is 4.86. The maximum Gasteiger partial charge on any atom is 0.0951 e. The van der Waals surface area contributed by atoms with E-state index in [1.165, 1.54) is 0 Å². The van der Waals surface area contributed by atoms with E-state index < -0.39 is 0 Å². The lowest BCUT2D eigenvalue weighted by Gasteiger charge is -2.13.